The van der Waals surface area contributed by atoms with E-state index >= 15 is 0 Å². The molecule has 0 bridgehead atoms. The van der Waals surface area contributed by atoms with Crippen LogP contribution in [0.25, 0.3) is 6.08 Å². The van der Waals surface area contributed by atoms with E-state index in [9.17, 15) is 0 Å². The second-order valence-corrected chi connectivity index (χ2v) is 12.7. The molecule has 38 heavy (non-hydrogen) atoms. The molecule has 0 spiro atoms. The van der Waals surface area contributed by atoms with Gasteiger partial charge in [-0.15, -0.1) is 11.8 Å². The first kappa shape index (κ1) is 30.9. The molecule has 3 rings (SSSR count). The highest BCUT2D eigenvalue weighted by molar-refractivity contribution is 8.00. The van der Waals surface area contributed by atoms with E-state index < -0.39 is 0 Å². The van der Waals surface area contributed by atoms with Crippen LogP contribution < -0.4 is 4.90 Å². The maximum Gasteiger partial charge on any atom is 0.0634 e. The number of rotatable bonds is 21. The summed E-state index contributed by atoms with van der Waals surface area (Å²) in [5.41, 5.74) is 3.85. The first-order valence-electron chi connectivity index (χ1n) is 16.0. The number of unbranched alkanes of at least 4 members (excludes halogenated alkanes) is 17. The van der Waals surface area contributed by atoms with Gasteiger partial charge in [0.15, 0.2) is 0 Å². The number of hydrogen-bond donors (Lipinski definition) is 0. The normalized spacial score (nSPS) is 18.1. The maximum absolute atomic E-state index is 3.99. The Morgan fingerprint density at radius 2 is 1.29 bits per heavy atom. The van der Waals surface area contributed by atoms with Crippen molar-refractivity contribution in [2.45, 2.75) is 139 Å². The minimum Gasteiger partial charge on any atom is -0.363 e. The summed E-state index contributed by atoms with van der Waals surface area (Å²) in [6.07, 6.45) is 36.6. The molecule has 0 N–H and O–H groups in total. The van der Waals surface area contributed by atoms with Crippen LogP contribution in [0.2, 0.25) is 0 Å². The van der Waals surface area contributed by atoms with Gasteiger partial charge >= 0.3 is 0 Å². The van der Waals surface area contributed by atoms with Crippen molar-refractivity contribution in [3.05, 3.63) is 66.8 Å². The second kappa shape index (κ2) is 18.6. The minimum atomic E-state index is 0.441. The summed E-state index contributed by atoms with van der Waals surface area (Å²) in [7, 11) is 0. The molecule has 0 aromatic heterocycles. The Morgan fingerprint density at radius 1 is 0.737 bits per heavy atom. The van der Waals surface area contributed by atoms with Crippen LogP contribution in [0.3, 0.4) is 0 Å². The Bertz CT molecular complexity index is 881. The van der Waals surface area contributed by atoms with Crippen LogP contribution in [0.15, 0.2) is 66.1 Å². The van der Waals surface area contributed by atoms with Gasteiger partial charge in [0, 0.05) is 11.4 Å². The smallest absolute Gasteiger partial charge is 0.0634 e. The fraction of sp³-hybridized carbons (Fsp3) is 0.611. The van der Waals surface area contributed by atoms with E-state index in [0.29, 0.717) is 11.3 Å². The Labute approximate surface area is 239 Å². The summed E-state index contributed by atoms with van der Waals surface area (Å²) in [4.78, 5) is 4.05. The Morgan fingerprint density at radius 3 is 1.82 bits per heavy atom. The summed E-state index contributed by atoms with van der Waals surface area (Å²) < 4.78 is 0. The highest BCUT2D eigenvalue weighted by Crippen LogP contribution is 2.45. The minimum absolute atomic E-state index is 0.441. The molecule has 0 saturated heterocycles. The number of fused-ring (bicyclic) bond motifs is 2. The van der Waals surface area contributed by atoms with E-state index in [4.69, 9.17) is 0 Å². The van der Waals surface area contributed by atoms with Crippen LogP contribution in [0.4, 0.5) is 5.69 Å². The zero-order valence-corrected chi connectivity index (χ0v) is 25.3. The lowest BCUT2D eigenvalue weighted by Gasteiger charge is -2.42. The van der Waals surface area contributed by atoms with E-state index in [2.05, 4.69) is 61.4 Å². The number of benzene rings is 1. The molecule has 1 heterocycles. The van der Waals surface area contributed by atoms with Gasteiger partial charge in [0.1, 0.15) is 0 Å². The quantitative estimate of drug-likeness (QED) is 0.145. The SMILES string of the molecule is C=CC1=CC2Sc3cc(C=C)ccc3N(CCCCCCCCCCCCCCCCCCCC)C2C=C1. The summed E-state index contributed by atoms with van der Waals surface area (Å²) in [5, 5.41) is 0.455. The molecule has 2 unspecified atom stereocenters. The zero-order valence-electron chi connectivity index (χ0n) is 24.5. The van der Waals surface area contributed by atoms with Gasteiger partial charge in [-0.25, -0.2) is 0 Å². The van der Waals surface area contributed by atoms with Gasteiger partial charge < -0.3 is 4.90 Å². The predicted molar refractivity (Wildman–Crippen MR) is 174 cm³/mol. The van der Waals surface area contributed by atoms with Gasteiger partial charge in [-0.3, -0.25) is 0 Å². The van der Waals surface area contributed by atoms with Crippen LogP contribution in [-0.2, 0) is 0 Å². The highest BCUT2D eigenvalue weighted by atomic mass is 32.2. The molecular formula is C36H55NS. The van der Waals surface area contributed by atoms with Gasteiger partial charge in [-0.05, 0) is 29.7 Å². The fourth-order valence-corrected chi connectivity index (χ4v) is 7.34. The Kier molecular flexibility index (Phi) is 15.1. The molecule has 1 aliphatic carbocycles. The monoisotopic (exact) mass is 533 g/mol. The molecule has 1 aromatic carbocycles. The number of anilines is 1. The zero-order chi connectivity index (χ0) is 26.8. The average Bonchev–Trinajstić information content (AvgIpc) is 2.95. The lowest BCUT2D eigenvalue weighted by molar-refractivity contribution is 0.523. The second-order valence-electron chi connectivity index (χ2n) is 11.4. The van der Waals surface area contributed by atoms with E-state index in [1.165, 1.54) is 137 Å². The molecule has 1 nitrogen and oxygen atoms in total. The van der Waals surface area contributed by atoms with Crippen molar-refractivity contribution >= 4 is 23.5 Å². The third kappa shape index (κ3) is 10.5. The third-order valence-electron chi connectivity index (χ3n) is 8.32. The van der Waals surface area contributed by atoms with Crippen LogP contribution in [0, 0.1) is 0 Å². The maximum atomic E-state index is 3.99. The lowest BCUT2D eigenvalue weighted by atomic mass is 9.99. The van der Waals surface area contributed by atoms with Crippen LogP contribution in [-0.4, -0.2) is 17.8 Å². The van der Waals surface area contributed by atoms with Gasteiger partial charge in [0.2, 0.25) is 0 Å². The molecule has 2 atom stereocenters. The summed E-state index contributed by atoms with van der Waals surface area (Å²) in [6, 6.07) is 7.28. The van der Waals surface area contributed by atoms with Crippen molar-refractivity contribution in [1.29, 1.82) is 0 Å². The van der Waals surface area contributed by atoms with Gasteiger partial charge in [-0.2, -0.15) is 0 Å². The summed E-state index contributed by atoms with van der Waals surface area (Å²) >= 11 is 1.99. The van der Waals surface area contributed by atoms with E-state index in [1.807, 2.05) is 23.9 Å². The number of hydrogen-bond acceptors (Lipinski definition) is 2. The highest BCUT2D eigenvalue weighted by Gasteiger charge is 2.33. The standard InChI is InChI=1S/C36H55NS/c1-4-7-8-9-10-11-12-13-14-15-16-17-18-19-20-21-22-23-28-37-33-26-24-31(5-2)29-35(33)38-36-30-32(6-3)25-27-34(36)37/h5-6,24-27,29-30,33,35H,2-4,7-23,28H2,1H3. The van der Waals surface area contributed by atoms with E-state index in [-0.39, 0.29) is 0 Å². The van der Waals surface area contributed by atoms with Gasteiger partial charge in [-0.1, -0.05) is 166 Å². The predicted octanol–water partition coefficient (Wildman–Crippen LogP) is 11.7. The molecular weight excluding hydrogens is 478 g/mol. The first-order valence-corrected chi connectivity index (χ1v) is 16.9. The average molecular weight is 534 g/mol. The Hall–Kier alpha value is -1.67. The molecule has 1 aromatic rings. The van der Waals surface area contributed by atoms with Crippen LogP contribution in [0.1, 0.15) is 128 Å². The fourth-order valence-electron chi connectivity index (χ4n) is 5.93. The number of allylic oxidation sites excluding steroid dienone is 3. The van der Waals surface area contributed by atoms with Crippen molar-refractivity contribution in [1.82, 2.24) is 0 Å². The summed E-state index contributed by atoms with van der Waals surface area (Å²) in [5.74, 6) is 0. The lowest BCUT2D eigenvalue weighted by Crippen LogP contribution is -2.45. The molecule has 0 radical (unpaired) electrons. The molecule has 0 saturated carbocycles. The molecule has 2 aliphatic rings. The Balaban J connectivity index is 1.25. The van der Waals surface area contributed by atoms with Crippen molar-refractivity contribution < 1.29 is 0 Å². The molecule has 2 heteroatoms. The van der Waals surface area contributed by atoms with Gasteiger partial charge in [0.25, 0.3) is 0 Å². The van der Waals surface area contributed by atoms with Crippen molar-refractivity contribution in [3.8, 4) is 0 Å². The topological polar surface area (TPSA) is 3.24 Å². The molecule has 0 amide bonds. The van der Waals surface area contributed by atoms with Crippen LogP contribution >= 0.6 is 11.8 Å². The van der Waals surface area contributed by atoms with E-state index in [0.717, 1.165) is 6.54 Å². The van der Waals surface area contributed by atoms with Crippen LogP contribution in [0.5, 0.6) is 0 Å². The van der Waals surface area contributed by atoms with Crippen molar-refractivity contribution in [3.63, 3.8) is 0 Å². The molecule has 1 aliphatic heterocycles. The third-order valence-corrected chi connectivity index (χ3v) is 9.59. The number of thioether (sulfide) groups is 1. The van der Waals surface area contributed by atoms with Gasteiger partial charge in [0.05, 0.1) is 17.0 Å². The summed E-state index contributed by atoms with van der Waals surface area (Å²) in [6.45, 7) is 11.4. The molecule has 0 fully saturated rings. The first-order chi connectivity index (χ1) is 18.8. The number of nitrogens with zero attached hydrogens (tertiary/aromatic N) is 1. The van der Waals surface area contributed by atoms with Crippen molar-refractivity contribution in [2.24, 2.45) is 0 Å². The molecule has 210 valence electrons. The van der Waals surface area contributed by atoms with Crippen molar-refractivity contribution in [2.75, 3.05) is 11.4 Å². The largest absolute Gasteiger partial charge is 0.363 e. The van der Waals surface area contributed by atoms with E-state index in [1.54, 1.807) is 0 Å².